The van der Waals surface area contributed by atoms with Gasteiger partial charge in [0.15, 0.2) is 5.65 Å². The van der Waals surface area contributed by atoms with Crippen molar-refractivity contribution in [1.82, 2.24) is 24.4 Å². The Morgan fingerprint density at radius 2 is 1.97 bits per heavy atom. The fraction of sp³-hybridized carbons (Fsp3) is 0.381. The number of carbonyl (C=O) groups excluding carboxylic acids is 1. The summed E-state index contributed by atoms with van der Waals surface area (Å²) in [5, 5.41) is 7.18. The number of nitrogens with one attached hydrogen (secondary N) is 1. The van der Waals surface area contributed by atoms with E-state index in [0.717, 1.165) is 24.4 Å². The van der Waals surface area contributed by atoms with Crippen LogP contribution in [0.2, 0.25) is 0 Å². The number of carbonyl (C=O) groups is 1. The first-order chi connectivity index (χ1) is 14.7. The summed E-state index contributed by atoms with van der Waals surface area (Å²) >= 11 is 0. The van der Waals surface area contributed by atoms with E-state index in [1.165, 1.54) is 9.08 Å². The van der Waals surface area contributed by atoms with Crippen molar-refractivity contribution in [1.29, 1.82) is 0 Å². The van der Waals surface area contributed by atoms with Gasteiger partial charge in [0.2, 0.25) is 5.91 Å². The minimum Gasteiger partial charge on any atom is -0.497 e. The van der Waals surface area contributed by atoms with E-state index in [2.05, 4.69) is 15.3 Å². The number of methoxy groups -OCH3 is 1. The monoisotopic (exact) mass is 411 g/mol. The number of fused-ring (bicyclic) bond motifs is 1. The second-order valence-corrected chi connectivity index (χ2v) is 7.11. The molecule has 158 valence electrons. The third-order valence-corrected chi connectivity index (χ3v) is 5.26. The third-order valence-electron chi connectivity index (χ3n) is 5.26. The molecule has 1 N–H and O–H groups in total. The van der Waals surface area contributed by atoms with Gasteiger partial charge >= 0.3 is 5.69 Å². The van der Waals surface area contributed by atoms with Crippen LogP contribution in [0.3, 0.4) is 0 Å². The number of nitrogens with zero attached hydrogens (tertiary/aromatic N) is 4. The van der Waals surface area contributed by atoms with Crippen LogP contribution >= 0.6 is 0 Å². The Morgan fingerprint density at radius 1 is 1.20 bits per heavy atom. The van der Waals surface area contributed by atoms with Crippen molar-refractivity contribution < 1.29 is 14.3 Å². The second kappa shape index (κ2) is 9.10. The number of benzene rings is 1. The van der Waals surface area contributed by atoms with E-state index in [-0.39, 0.29) is 24.2 Å². The van der Waals surface area contributed by atoms with E-state index in [4.69, 9.17) is 9.47 Å². The molecular weight excluding hydrogens is 386 g/mol. The van der Waals surface area contributed by atoms with Crippen LogP contribution in [0, 0.1) is 0 Å². The molecule has 0 unspecified atom stereocenters. The summed E-state index contributed by atoms with van der Waals surface area (Å²) in [6.45, 7) is 3.21. The van der Waals surface area contributed by atoms with Crippen LogP contribution in [-0.4, -0.2) is 64.9 Å². The first-order valence-electron chi connectivity index (χ1n) is 9.92. The van der Waals surface area contributed by atoms with E-state index < -0.39 is 0 Å². The molecule has 1 saturated heterocycles. The normalized spacial score (nSPS) is 15.8. The molecule has 9 heteroatoms. The fourth-order valence-electron chi connectivity index (χ4n) is 3.65. The standard InChI is InChI=1S/C21H25N5O4/c1-29-17-7-5-16(6-8-17)18(24-10-12-30-13-11-24)14-22-20(27)15-26-21(28)25-9-3-2-4-19(25)23-26/h2-9,18H,10-15H2,1H3,(H,22,27)/t18-/m0/s1. The third kappa shape index (κ3) is 4.37. The van der Waals surface area contributed by atoms with E-state index in [9.17, 15) is 9.59 Å². The van der Waals surface area contributed by atoms with Gasteiger partial charge in [-0.25, -0.2) is 9.48 Å². The van der Waals surface area contributed by atoms with Gasteiger partial charge < -0.3 is 14.8 Å². The predicted octanol–water partition coefficient (Wildman–Crippen LogP) is 0.694. The molecule has 1 aromatic carbocycles. The molecule has 3 heterocycles. The van der Waals surface area contributed by atoms with Crippen molar-refractivity contribution in [3.8, 4) is 5.75 Å². The zero-order valence-electron chi connectivity index (χ0n) is 16.9. The first kappa shape index (κ1) is 20.1. The summed E-state index contributed by atoms with van der Waals surface area (Å²) in [5.41, 5.74) is 1.27. The van der Waals surface area contributed by atoms with E-state index >= 15 is 0 Å². The highest BCUT2D eigenvalue weighted by atomic mass is 16.5. The quantitative estimate of drug-likeness (QED) is 0.615. The average Bonchev–Trinajstić information content (AvgIpc) is 3.10. The zero-order chi connectivity index (χ0) is 20.9. The molecule has 0 aliphatic carbocycles. The molecule has 1 atom stereocenters. The van der Waals surface area contributed by atoms with Crippen LogP contribution in [0.15, 0.2) is 53.5 Å². The summed E-state index contributed by atoms with van der Waals surface area (Å²) in [6.07, 6.45) is 1.64. The highest BCUT2D eigenvalue weighted by Gasteiger charge is 2.23. The van der Waals surface area contributed by atoms with Crippen LogP contribution in [-0.2, 0) is 16.1 Å². The molecule has 1 amide bonds. The first-order valence-corrected chi connectivity index (χ1v) is 9.92. The number of aromatic nitrogens is 3. The lowest BCUT2D eigenvalue weighted by Crippen LogP contribution is -2.44. The maximum atomic E-state index is 12.6. The van der Waals surface area contributed by atoms with Gasteiger partial charge in [0.1, 0.15) is 12.3 Å². The maximum absolute atomic E-state index is 12.6. The smallest absolute Gasteiger partial charge is 0.350 e. The number of hydrogen-bond donors (Lipinski definition) is 1. The molecule has 0 spiro atoms. The average molecular weight is 411 g/mol. The summed E-state index contributed by atoms with van der Waals surface area (Å²) in [7, 11) is 1.63. The van der Waals surface area contributed by atoms with E-state index in [0.29, 0.717) is 25.4 Å². The van der Waals surface area contributed by atoms with Gasteiger partial charge in [-0.05, 0) is 29.8 Å². The molecular formula is C21H25N5O4. The maximum Gasteiger partial charge on any atom is 0.350 e. The predicted molar refractivity (Wildman–Crippen MR) is 111 cm³/mol. The van der Waals surface area contributed by atoms with Crippen molar-refractivity contribution in [2.45, 2.75) is 12.6 Å². The van der Waals surface area contributed by atoms with Crippen molar-refractivity contribution in [2.75, 3.05) is 40.0 Å². The largest absolute Gasteiger partial charge is 0.497 e. The van der Waals surface area contributed by atoms with Crippen LogP contribution in [0.1, 0.15) is 11.6 Å². The van der Waals surface area contributed by atoms with Gasteiger partial charge in [0.05, 0.1) is 26.4 Å². The van der Waals surface area contributed by atoms with Crippen LogP contribution in [0.4, 0.5) is 0 Å². The van der Waals surface area contributed by atoms with E-state index in [1.807, 2.05) is 24.3 Å². The minimum atomic E-state index is -0.333. The Kier molecular flexibility index (Phi) is 6.10. The SMILES string of the molecule is COc1ccc([C@H](CNC(=O)Cn2nc3ccccn3c2=O)N2CCOCC2)cc1. The molecule has 30 heavy (non-hydrogen) atoms. The summed E-state index contributed by atoms with van der Waals surface area (Å²) in [5.74, 6) is 0.530. The number of amides is 1. The van der Waals surface area contributed by atoms with Gasteiger partial charge in [-0.15, -0.1) is 5.10 Å². The Morgan fingerprint density at radius 3 is 2.67 bits per heavy atom. The summed E-state index contributed by atoms with van der Waals surface area (Å²) < 4.78 is 13.3. The molecule has 3 aromatic rings. The number of rotatable bonds is 7. The van der Waals surface area contributed by atoms with Gasteiger partial charge in [-0.1, -0.05) is 18.2 Å². The highest BCUT2D eigenvalue weighted by molar-refractivity contribution is 5.75. The summed E-state index contributed by atoms with van der Waals surface area (Å²) in [6, 6.07) is 13.1. The molecule has 2 aromatic heterocycles. The number of hydrogen-bond acceptors (Lipinski definition) is 6. The number of ether oxygens (including phenoxy) is 2. The Labute approximate surface area is 173 Å². The molecule has 1 aliphatic heterocycles. The van der Waals surface area contributed by atoms with Gasteiger partial charge in [-0.3, -0.25) is 14.1 Å². The molecule has 1 fully saturated rings. The minimum absolute atomic E-state index is 0.00143. The molecule has 0 bridgehead atoms. The van der Waals surface area contributed by atoms with Crippen molar-refractivity contribution in [3.63, 3.8) is 0 Å². The lowest BCUT2D eigenvalue weighted by atomic mass is 10.0. The zero-order valence-corrected chi connectivity index (χ0v) is 16.9. The van der Waals surface area contributed by atoms with Gasteiger partial charge in [-0.2, -0.15) is 0 Å². The Bertz CT molecular complexity index is 1050. The number of pyridine rings is 1. The molecule has 0 saturated carbocycles. The molecule has 1 aliphatic rings. The van der Waals surface area contributed by atoms with Crippen molar-refractivity contribution in [3.05, 3.63) is 64.7 Å². The Balaban J connectivity index is 1.46. The molecule has 9 nitrogen and oxygen atoms in total. The second-order valence-electron chi connectivity index (χ2n) is 7.11. The van der Waals surface area contributed by atoms with Crippen molar-refractivity contribution in [2.24, 2.45) is 0 Å². The van der Waals surface area contributed by atoms with Gasteiger partial charge in [0.25, 0.3) is 0 Å². The van der Waals surface area contributed by atoms with Crippen molar-refractivity contribution >= 4 is 11.6 Å². The highest BCUT2D eigenvalue weighted by Crippen LogP contribution is 2.23. The Hall–Kier alpha value is -3.17. The lowest BCUT2D eigenvalue weighted by molar-refractivity contribution is -0.122. The summed E-state index contributed by atoms with van der Waals surface area (Å²) in [4.78, 5) is 27.3. The van der Waals surface area contributed by atoms with Crippen LogP contribution < -0.4 is 15.7 Å². The molecule has 4 rings (SSSR count). The van der Waals surface area contributed by atoms with Crippen LogP contribution in [0.5, 0.6) is 5.75 Å². The van der Waals surface area contributed by atoms with Gasteiger partial charge in [0, 0.05) is 25.8 Å². The van der Waals surface area contributed by atoms with Crippen LogP contribution in [0.25, 0.3) is 5.65 Å². The topological polar surface area (TPSA) is 90.1 Å². The molecule has 0 radical (unpaired) electrons. The lowest BCUT2D eigenvalue weighted by Gasteiger charge is -2.35. The number of morpholine rings is 1. The fourth-order valence-corrected chi connectivity index (χ4v) is 3.65. The van der Waals surface area contributed by atoms with E-state index in [1.54, 1.807) is 31.5 Å².